The van der Waals surface area contributed by atoms with Gasteiger partial charge in [0, 0.05) is 19.9 Å². The lowest BCUT2D eigenvalue weighted by Crippen LogP contribution is -1.99. The molecule has 0 aliphatic rings. The minimum absolute atomic E-state index is 0.0956. The molecule has 4 nitrogen and oxygen atoms in total. The Bertz CT molecular complexity index is 165. The van der Waals surface area contributed by atoms with Crippen LogP contribution >= 0.6 is 7.37 Å². The summed E-state index contributed by atoms with van der Waals surface area (Å²) in [5.41, 5.74) is 0. The molecule has 0 amide bonds. The zero-order valence-electron chi connectivity index (χ0n) is 6.03. The number of carbonyl (C=O) groups is 1. The van der Waals surface area contributed by atoms with Crippen molar-refractivity contribution < 1.29 is 19.0 Å². The van der Waals surface area contributed by atoms with Gasteiger partial charge in [-0.1, -0.05) is 0 Å². The zero-order valence-corrected chi connectivity index (χ0v) is 6.93. The van der Waals surface area contributed by atoms with Crippen LogP contribution in [-0.4, -0.2) is 31.0 Å². The summed E-state index contributed by atoms with van der Waals surface area (Å²) in [7, 11) is -1.29. The third-order valence-electron chi connectivity index (χ3n) is 1.12. The minimum Gasteiger partial charge on any atom is -0.481 e. The van der Waals surface area contributed by atoms with Crippen LogP contribution in [0.4, 0.5) is 0 Å². The summed E-state index contributed by atoms with van der Waals surface area (Å²) in [6.07, 6.45) is 0.0143. The van der Waals surface area contributed by atoms with Gasteiger partial charge in [0.25, 0.3) is 0 Å². The van der Waals surface area contributed by atoms with Gasteiger partial charge >= 0.3 is 5.97 Å². The van der Waals surface area contributed by atoms with Gasteiger partial charge < -0.3 is 9.63 Å². The van der Waals surface area contributed by atoms with E-state index in [9.17, 15) is 9.36 Å². The van der Waals surface area contributed by atoms with Crippen molar-refractivity contribution in [3.05, 3.63) is 0 Å². The van der Waals surface area contributed by atoms with Crippen molar-refractivity contribution in [1.29, 1.82) is 0 Å². The molecule has 10 heavy (non-hydrogen) atoms. The molecule has 1 atom stereocenters. The molecular weight excluding hydrogens is 155 g/mol. The van der Waals surface area contributed by atoms with Gasteiger partial charge in [-0.25, -0.2) is 0 Å². The summed E-state index contributed by atoms with van der Waals surface area (Å²) in [5.74, 6) is -0.945. The van der Waals surface area contributed by atoms with Crippen LogP contribution in [0.5, 0.6) is 0 Å². The van der Waals surface area contributed by atoms with E-state index in [-0.39, 0.29) is 12.6 Å². The second kappa shape index (κ2) is 3.74. The molecule has 0 saturated heterocycles. The number of aliphatic carboxylic acids is 1. The average molecular weight is 166 g/mol. The van der Waals surface area contributed by atoms with Crippen molar-refractivity contribution in [2.24, 2.45) is 0 Å². The van der Waals surface area contributed by atoms with Gasteiger partial charge in [-0.2, -0.15) is 0 Å². The Labute approximate surface area is 59.6 Å². The van der Waals surface area contributed by atoms with Crippen LogP contribution in [0.25, 0.3) is 0 Å². The lowest BCUT2D eigenvalue weighted by atomic mass is 10.5. The molecule has 0 aromatic carbocycles. The molecule has 0 aromatic heterocycles. The van der Waals surface area contributed by atoms with Crippen LogP contribution in [0.2, 0.25) is 0 Å². The smallest absolute Gasteiger partial charge is 0.303 e. The largest absolute Gasteiger partial charge is 0.481 e. The van der Waals surface area contributed by atoms with E-state index in [1.165, 1.54) is 13.8 Å². The first kappa shape index (κ1) is 9.66. The molecule has 0 aliphatic carbocycles. The van der Waals surface area contributed by atoms with Gasteiger partial charge in [-0.15, -0.1) is 0 Å². The normalized spacial score (nSPS) is 16.2. The van der Waals surface area contributed by atoms with Crippen LogP contribution in [0.15, 0.2) is 0 Å². The fourth-order valence-electron chi connectivity index (χ4n) is 0.390. The van der Waals surface area contributed by atoms with Gasteiger partial charge in [0.1, 0.15) is 0 Å². The lowest BCUT2D eigenvalue weighted by Gasteiger charge is -2.07. The lowest BCUT2D eigenvalue weighted by molar-refractivity contribution is -0.136. The van der Waals surface area contributed by atoms with E-state index >= 15 is 0 Å². The number of carboxylic acid groups (broad SMARTS) is 1. The van der Waals surface area contributed by atoms with E-state index in [0.29, 0.717) is 0 Å². The Morgan fingerprint density at radius 1 is 1.70 bits per heavy atom. The molecule has 0 fully saturated rings. The van der Waals surface area contributed by atoms with E-state index in [2.05, 4.69) is 4.52 Å². The summed E-state index contributed by atoms with van der Waals surface area (Å²) in [4.78, 5) is 9.99. The number of hydrogen-bond donors (Lipinski definition) is 1. The van der Waals surface area contributed by atoms with Crippen molar-refractivity contribution in [3.63, 3.8) is 0 Å². The average Bonchev–Trinajstić information content (AvgIpc) is 1.85. The summed E-state index contributed by atoms with van der Waals surface area (Å²) in [6, 6.07) is 0. The number of hydrogen-bond acceptors (Lipinski definition) is 3. The van der Waals surface area contributed by atoms with E-state index < -0.39 is 13.3 Å². The Balaban J connectivity index is 3.68. The highest BCUT2D eigenvalue weighted by Gasteiger charge is 2.14. The van der Waals surface area contributed by atoms with Gasteiger partial charge in [-0.05, 0) is 0 Å². The zero-order chi connectivity index (χ0) is 8.20. The summed E-state index contributed by atoms with van der Waals surface area (Å²) >= 11 is 0. The first-order valence-corrected chi connectivity index (χ1v) is 5.08. The quantitative estimate of drug-likeness (QED) is 0.633. The molecule has 0 rings (SSSR count). The number of rotatable bonds is 4. The van der Waals surface area contributed by atoms with Crippen molar-refractivity contribution in [2.75, 3.05) is 19.9 Å². The molecule has 0 heterocycles. The maximum atomic E-state index is 11.0. The van der Waals surface area contributed by atoms with Crippen LogP contribution in [0, 0.1) is 0 Å². The van der Waals surface area contributed by atoms with Crippen LogP contribution in [0.3, 0.4) is 0 Å². The highest BCUT2D eigenvalue weighted by atomic mass is 31.2. The minimum atomic E-state index is -2.61. The highest BCUT2D eigenvalue weighted by molar-refractivity contribution is 7.58. The first-order valence-electron chi connectivity index (χ1n) is 2.82. The molecule has 0 bridgehead atoms. The monoisotopic (exact) mass is 166 g/mol. The molecule has 0 aliphatic heterocycles. The second-order valence-corrected chi connectivity index (χ2v) is 4.90. The second-order valence-electron chi connectivity index (χ2n) is 2.06. The predicted molar refractivity (Wildman–Crippen MR) is 37.7 cm³/mol. The van der Waals surface area contributed by atoms with Gasteiger partial charge in [0.05, 0.1) is 6.42 Å². The first-order chi connectivity index (χ1) is 4.48. The summed E-state index contributed by atoms with van der Waals surface area (Å²) in [6.45, 7) is 1.43. The van der Waals surface area contributed by atoms with Crippen LogP contribution in [0.1, 0.15) is 6.42 Å². The third kappa shape index (κ3) is 4.53. The molecule has 0 saturated carbocycles. The standard InChI is InChI=1S/C5H11O4P/c1-9-10(2,8)4-3-5(6)7/h3-4H2,1-2H3,(H,6,7). The van der Waals surface area contributed by atoms with Gasteiger partial charge in [0.2, 0.25) is 0 Å². The van der Waals surface area contributed by atoms with E-state index in [0.717, 1.165) is 0 Å². The number of carboxylic acids is 1. The highest BCUT2D eigenvalue weighted by Crippen LogP contribution is 2.41. The summed E-state index contributed by atoms with van der Waals surface area (Å²) < 4.78 is 15.6. The van der Waals surface area contributed by atoms with Crippen LogP contribution in [-0.2, 0) is 13.9 Å². The van der Waals surface area contributed by atoms with E-state index in [1.807, 2.05) is 0 Å². The Morgan fingerprint density at radius 3 is 2.50 bits per heavy atom. The fraction of sp³-hybridized carbons (Fsp3) is 0.800. The van der Waals surface area contributed by atoms with Crippen molar-refractivity contribution in [1.82, 2.24) is 0 Å². The predicted octanol–water partition coefficient (Wildman–Crippen LogP) is 1.02. The van der Waals surface area contributed by atoms with E-state index in [4.69, 9.17) is 5.11 Å². The topological polar surface area (TPSA) is 63.6 Å². The maximum Gasteiger partial charge on any atom is 0.303 e. The van der Waals surface area contributed by atoms with Crippen molar-refractivity contribution in [2.45, 2.75) is 6.42 Å². The molecule has 1 N–H and O–H groups in total. The molecule has 0 aromatic rings. The molecule has 60 valence electrons. The molecule has 1 unspecified atom stereocenters. The Kier molecular flexibility index (Phi) is 3.61. The maximum absolute atomic E-state index is 11.0. The molecule has 5 heteroatoms. The van der Waals surface area contributed by atoms with E-state index in [1.54, 1.807) is 0 Å². The SMILES string of the molecule is COP(C)(=O)CCC(=O)O. The molecule has 0 spiro atoms. The van der Waals surface area contributed by atoms with Gasteiger partial charge in [0.15, 0.2) is 7.37 Å². The summed E-state index contributed by atoms with van der Waals surface area (Å²) in [5, 5.41) is 8.20. The molecule has 0 radical (unpaired) electrons. The fourth-order valence-corrected chi connectivity index (χ4v) is 1.17. The van der Waals surface area contributed by atoms with Gasteiger partial charge in [-0.3, -0.25) is 9.36 Å². The Hall–Kier alpha value is -0.340. The van der Waals surface area contributed by atoms with Crippen LogP contribution < -0.4 is 0 Å². The van der Waals surface area contributed by atoms with Crippen molar-refractivity contribution in [3.8, 4) is 0 Å². The third-order valence-corrected chi connectivity index (χ3v) is 2.93. The van der Waals surface area contributed by atoms with Crippen molar-refractivity contribution >= 4 is 13.3 Å². The Morgan fingerprint density at radius 2 is 2.20 bits per heavy atom. The molecular formula is C5H11O4P.